The summed E-state index contributed by atoms with van der Waals surface area (Å²) >= 11 is 0. The molecule has 0 atom stereocenters. The molecule has 1 fully saturated rings. The van der Waals surface area contributed by atoms with Gasteiger partial charge in [-0.15, -0.1) is 0 Å². The zero-order chi connectivity index (χ0) is 23.4. The summed E-state index contributed by atoms with van der Waals surface area (Å²) in [5, 5.41) is 5.04. The number of rotatable bonds is 5. The maximum Gasteiger partial charge on any atom is 0.317 e. The SMILES string of the molecule is COc1ccc2cc(CNC(=O)N3CCCN(S(=O)(=O)c4ccc(F)cc4)CC3)ccc2c1. The lowest BCUT2D eigenvalue weighted by molar-refractivity contribution is 0.200. The molecule has 3 aromatic rings. The van der Waals surface area contributed by atoms with Crippen LogP contribution in [0.1, 0.15) is 12.0 Å². The van der Waals surface area contributed by atoms with Gasteiger partial charge >= 0.3 is 6.03 Å². The molecule has 0 aromatic heterocycles. The van der Waals surface area contributed by atoms with Gasteiger partial charge in [0.2, 0.25) is 10.0 Å². The molecule has 1 saturated heterocycles. The van der Waals surface area contributed by atoms with E-state index in [4.69, 9.17) is 4.74 Å². The Labute approximate surface area is 192 Å². The van der Waals surface area contributed by atoms with E-state index >= 15 is 0 Å². The minimum atomic E-state index is -3.73. The van der Waals surface area contributed by atoms with E-state index < -0.39 is 15.8 Å². The fourth-order valence-corrected chi connectivity index (χ4v) is 5.36. The molecular formula is C24H26FN3O4S. The van der Waals surface area contributed by atoms with Gasteiger partial charge in [-0.25, -0.2) is 17.6 Å². The summed E-state index contributed by atoms with van der Waals surface area (Å²) in [6.45, 7) is 1.60. The minimum absolute atomic E-state index is 0.0516. The maximum atomic E-state index is 13.2. The predicted octanol–water partition coefficient (Wildman–Crippen LogP) is 3.59. The molecular weight excluding hydrogens is 445 g/mol. The van der Waals surface area contributed by atoms with Crippen LogP contribution in [0.15, 0.2) is 65.6 Å². The van der Waals surface area contributed by atoms with Crippen LogP contribution >= 0.6 is 0 Å². The number of amides is 2. The summed E-state index contributed by atoms with van der Waals surface area (Å²) in [5.74, 6) is 0.305. The van der Waals surface area contributed by atoms with E-state index in [1.807, 2.05) is 36.4 Å². The Kier molecular flexibility index (Phi) is 6.80. The molecule has 1 N–H and O–H groups in total. The molecule has 0 aliphatic carbocycles. The highest BCUT2D eigenvalue weighted by atomic mass is 32.2. The van der Waals surface area contributed by atoms with E-state index in [1.54, 1.807) is 12.0 Å². The van der Waals surface area contributed by atoms with Crippen molar-refractivity contribution in [3.63, 3.8) is 0 Å². The highest BCUT2D eigenvalue weighted by Crippen LogP contribution is 2.22. The number of hydrogen-bond donors (Lipinski definition) is 1. The summed E-state index contributed by atoms with van der Waals surface area (Å²) in [6, 6.07) is 16.4. The summed E-state index contributed by atoms with van der Waals surface area (Å²) < 4.78 is 45.5. The Morgan fingerprint density at radius 3 is 2.45 bits per heavy atom. The zero-order valence-electron chi connectivity index (χ0n) is 18.3. The Morgan fingerprint density at radius 2 is 1.70 bits per heavy atom. The third kappa shape index (κ3) is 5.26. The number of fused-ring (bicyclic) bond motifs is 1. The standard InChI is InChI=1S/C24H26FN3O4S/c1-32-22-8-5-19-15-18(3-4-20(19)16-22)17-26-24(29)27-11-2-12-28(14-13-27)33(30,31)23-9-6-21(25)7-10-23/h3-10,15-16H,2,11-14,17H2,1H3,(H,26,29). The number of benzene rings is 3. The van der Waals surface area contributed by atoms with Crippen molar-refractivity contribution in [2.24, 2.45) is 0 Å². The van der Waals surface area contributed by atoms with Crippen molar-refractivity contribution in [2.45, 2.75) is 17.9 Å². The minimum Gasteiger partial charge on any atom is -0.497 e. The Morgan fingerprint density at radius 1 is 0.970 bits per heavy atom. The van der Waals surface area contributed by atoms with Crippen LogP contribution in [-0.4, -0.2) is 56.9 Å². The molecule has 9 heteroatoms. The third-order valence-corrected chi connectivity index (χ3v) is 7.66. The fraction of sp³-hybridized carbons (Fsp3) is 0.292. The summed E-state index contributed by atoms with van der Waals surface area (Å²) in [6.07, 6.45) is 0.519. The lowest BCUT2D eigenvalue weighted by atomic mass is 10.1. The summed E-state index contributed by atoms with van der Waals surface area (Å²) in [7, 11) is -2.10. The first-order valence-corrected chi connectivity index (χ1v) is 12.2. The molecule has 0 radical (unpaired) electrons. The van der Waals surface area contributed by atoms with Crippen LogP contribution in [0.3, 0.4) is 0 Å². The molecule has 1 aliphatic heterocycles. The van der Waals surface area contributed by atoms with Crippen molar-refractivity contribution >= 4 is 26.8 Å². The average molecular weight is 472 g/mol. The van der Waals surface area contributed by atoms with E-state index in [0.29, 0.717) is 26.1 Å². The first-order chi connectivity index (χ1) is 15.9. The first kappa shape index (κ1) is 23.0. The van der Waals surface area contributed by atoms with Crippen molar-refractivity contribution in [1.82, 2.24) is 14.5 Å². The molecule has 3 aromatic carbocycles. The normalized spacial score (nSPS) is 15.3. The Bertz CT molecular complexity index is 1250. The van der Waals surface area contributed by atoms with Gasteiger partial charge in [-0.3, -0.25) is 0 Å². The molecule has 1 aliphatic rings. The van der Waals surface area contributed by atoms with Crippen LogP contribution in [0.2, 0.25) is 0 Å². The third-order valence-electron chi connectivity index (χ3n) is 5.75. The molecule has 0 saturated carbocycles. The van der Waals surface area contributed by atoms with Gasteiger partial charge in [0.1, 0.15) is 11.6 Å². The average Bonchev–Trinajstić information content (AvgIpc) is 3.09. The Balaban J connectivity index is 1.36. The molecule has 0 unspecified atom stereocenters. The highest BCUT2D eigenvalue weighted by molar-refractivity contribution is 7.89. The number of nitrogens with zero attached hydrogens (tertiary/aromatic N) is 2. The summed E-state index contributed by atoms with van der Waals surface area (Å²) in [5.41, 5.74) is 0.969. The van der Waals surface area contributed by atoms with E-state index in [2.05, 4.69) is 5.32 Å². The van der Waals surface area contributed by atoms with E-state index in [-0.39, 0.29) is 24.0 Å². The smallest absolute Gasteiger partial charge is 0.317 e. The Hall–Kier alpha value is -3.17. The van der Waals surface area contributed by atoms with Crippen LogP contribution in [0.4, 0.5) is 9.18 Å². The van der Waals surface area contributed by atoms with Crippen molar-refractivity contribution in [2.75, 3.05) is 33.3 Å². The number of halogens is 1. The number of nitrogens with one attached hydrogen (secondary N) is 1. The maximum absolute atomic E-state index is 13.2. The van der Waals surface area contributed by atoms with Gasteiger partial charge in [-0.05, 0) is 65.2 Å². The van der Waals surface area contributed by atoms with Crippen molar-refractivity contribution in [3.05, 3.63) is 72.0 Å². The lowest BCUT2D eigenvalue weighted by Gasteiger charge is -2.22. The zero-order valence-corrected chi connectivity index (χ0v) is 19.1. The summed E-state index contributed by atoms with van der Waals surface area (Å²) in [4.78, 5) is 14.4. The number of urea groups is 1. The van der Waals surface area contributed by atoms with Crippen molar-refractivity contribution in [3.8, 4) is 5.75 Å². The number of sulfonamides is 1. The van der Waals surface area contributed by atoms with Crippen LogP contribution < -0.4 is 10.1 Å². The van der Waals surface area contributed by atoms with Crippen LogP contribution in [0.25, 0.3) is 10.8 Å². The largest absolute Gasteiger partial charge is 0.497 e. The van der Waals surface area contributed by atoms with Crippen LogP contribution in [0, 0.1) is 5.82 Å². The fourth-order valence-electron chi connectivity index (χ4n) is 3.89. The molecule has 33 heavy (non-hydrogen) atoms. The molecule has 0 bridgehead atoms. The number of methoxy groups -OCH3 is 1. The van der Waals surface area contributed by atoms with Crippen molar-refractivity contribution < 1.29 is 22.3 Å². The van der Waals surface area contributed by atoms with E-state index in [1.165, 1.54) is 16.4 Å². The molecule has 1 heterocycles. The van der Waals surface area contributed by atoms with E-state index in [9.17, 15) is 17.6 Å². The molecule has 7 nitrogen and oxygen atoms in total. The van der Waals surface area contributed by atoms with Crippen LogP contribution in [0.5, 0.6) is 5.75 Å². The topological polar surface area (TPSA) is 79.0 Å². The molecule has 4 rings (SSSR count). The quantitative estimate of drug-likeness (QED) is 0.617. The second-order valence-corrected chi connectivity index (χ2v) is 9.84. The number of ether oxygens (including phenoxy) is 1. The lowest BCUT2D eigenvalue weighted by Crippen LogP contribution is -2.42. The van der Waals surface area contributed by atoms with Gasteiger partial charge < -0.3 is 15.0 Å². The molecule has 174 valence electrons. The number of carbonyl (C=O) groups excluding carboxylic acids is 1. The highest BCUT2D eigenvalue weighted by Gasteiger charge is 2.28. The van der Waals surface area contributed by atoms with Gasteiger partial charge in [0.25, 0.3) is 0 Å². The van der Waals surface area contributed by atoms with Gasteiger partial charge in [0.05, 0.1) is 12.0 Å². The second kappa shape index (κ2) is 9.76. The van der Waals surface area contributed by atoms with Gasteiger partial charge in [0.15, 0.2) is 0 Å². The molecule has 2 amide bonds. The number of carbonyl (C=O) groups is 1. The van der Waals surface area contributed by atoms with Gasteiger partial charge in [0, 0.05) is 32.7 Å². The van der Waals surface area contributed by atoms with Gasteiger partial charge in [-0.2, -0.15) is 4.31 Å². The van der Waals surface area contributed by atoms with E-state index in [0.717, 1.165) is 34.2 Å². The predicted molar refractivity (Wildman–Crippen MR) is 124 cm³/mol. The first-order valence-electron chi connectivity index (χ1n) is 10.7. The van der Waals surface area contributed by atoms with Gasteiger partial charge in [-0.1, -0.05) is 18.2 Å². The van der Waals surface area contributed by atoms with Crippen molar-refractivity contribution in [1.29, 1.82) is 0 Å². The van der Waals surface area contributed by atoms with Crippen LogP contribution in [-0.2, 0) is 16.6 Å². The second-order valence-electron chi connectivity index (χ2n) is 7.90. The molecule has 0 spiro atoms. The monoisotopic (exact) mass is 471 g/mol. The number of hydrogen-bond acceptors (Lipinski definition) is 4.